The summed E-state index contributed by atoms with van der Waals surface area (Å²) in [5, 5.41) is 0. The summed E-state index contributed by atoms with van der Waals surface area (Å²) in [6.07, 6.45) is 0.895. The van der Waals surface area contributed by atoms with Gasteiger partial charge in [0.2, 0.25) is 0 Å². The highest BCUT2D eigenvalue weighted by Crippen LogP contribution is 2.21. The summed E-state index contributed by atoms with van der Waals surface area (Å²) in [6.45, 7) is 5.18. The lowest BCUT2D eigenvalue weighted by Crippen LogP contribution is -2.45. The van der Waals surface area contributed by atoms with Gasteiger partial charge in [0.1, 0.15) is 11.6 Å². The Morgan fingerprint density at radius 3 is 2.82 bits per heavy atom. The molecule has 1 fully saturated rings. The number of nitrogens with two attached hydrogens (primary N) is 1. The van der Waals surface area contributed by atoms with Crippen LogP contribution in [0.5, 0.6) is 0 Å². The van der Waals surface area contributed by atoms with Crippen LogP contribution in [0.4, 0.5) is 5.82 Å². The van der Waals surface area contributed by atoms with Crippen LogP contribution in [-0.2, 0) is 6.42 Å². The van der Waals surface area contributed by atoms with Gasteiger partial charge in [-0.2, -0.15) is 0 Å². The summed E-state index contributed by atoms with van der Waals surface area (Å²) >= 11 is 0. The number of likely N-dealkylation sites (N-methyl/N-ethyl adjacent to an activating group) is 2. The summed E-state index contributed by atoms with van der Waals surface area (Å²) in [7, 11) is 4.25. The zero-order chi connectivity index (χ0) is 12.4. The third-order valence-corrected chi connectivity index (χ3v) is 3.33. The first kappa shape index (κ1) is 12.3. The fourth-order valence-electron chi connectivity index (χ4n) is 2.16. The number of nitrogens with zero attached hydrogens (tertiary/aromatic N) is 4. The topological polar surface area (TPSA) is 58.3 Å². The smallest absolute Gasteiger partial charge is 0.149 e. The average Bonchev–Trinajstić information content (AvgIpc) is 2.31. The second-order valence-corrected chi connectivity index (χ2v) is 4.75. The van der Waals surface area contributed by atoms with Gasteiger partial charge in [-0.15, -0.1) is 0 Å². The first-order chi connectivity index (χ1) is 8.10. The number of aromatic nitrogens is 2. The van der Waals surface area contributed by atoms with Crippen LogP contribution in [0.3, 0.4) is 0 Å². The molecule has 0 bridgehead atoms. The minimum absolute atomic E-state index is 0.252. The van der Waals surface area contributed by atoms with E-state index < -0.39 is 0 Å². The summed E-state index contributed by atoms with van der Waals surface area (Å²) in [5.74, 6) is 1.43. The summed E-state index contributed by atoms with van der Waals surface area (Å²) in [6, 6.07) is 2.11. The van der Waals surface area contributed by atoms with Crippen molar-refractivity contribution in [3.05, 3.63) is 17.6 Å². The zero-order valence-electron chi connectivity index (χ0n) is 10.8. The molecule has 1 atom stereocenters. The molecule has 2 rings (SSSR count). The Bertz CT molecular complexity index is 392. The quantitative estimate of drug-likeness (QED) is 0.811. The Balaban J connectivity index is 2.28. The summed E-state index contributed by atoms with van der Waals surface area (Å²) in [5.41, 5.74) is 6.86. The second-order valence-electron chi connectivity index (χ2n) is 4.75. The Morgan fingerprint density at radius 2 is 2.12 bits per heavy atom. The molecule has 2 N–H and O–H groups in total. The van der Waals surface area contributed by atoms with Crippen molar-refractivity contribution in [3.63, 3.8) is 0 Å². The van der Waals surface area contributed by atoms with Gasteiger partial charge in [0.25, 0.3) is 0 Å². The number of anilines is 1. The van der Waals surface area contributed by atoms with Crippen molar-refractivity contribution >= 4 is 5.82 Å². The lowest BCUT2D eigenvalue weighted by Gasteiger charge is -2.36. The van der Waals surface area contributed by atoms with Gasteiger partial charge in [-0.25, -0.2) is 9.97 Å². The van der Waals surface area contributed by atoms with Crippen molar-refractivity contribution in [2.45, 2.75) is 19.4 Å². The van der Waals surface area contributed by atoms with Crippen LogP contribution in [0.25, 0.3) is 0 Å². The van der Waals surface area contributed by atoms with E-state index >= 15 is 0 Å². The van der Waals surface area contributed by atoms with E-state index in [0.29, 0.717) is 5.82 Å². The molecule has 17 heavy (non-hydrogen) atoms. The highest BCUT2D eigenvalue weighted by molar-refractivity contribution is 5.30. The Hall–Kier alpha value is -1.20. The van der Waals surface area contributed by atoms with Gasteiger partial charge in [-0.1, -0.05) is 6.92 Å². The molecule has 5 heteroatoms. The molecular formula is C12H21N5. The van der Waals surface area contributed by atoms with Gasteiger partial charge in [-0.05, 0) is 20.5 Å². The molecule has 0 saturated carbocycles. The largest absolute Gasteiger partial charge is 0.384 e. The maximum Gasteiger partial charge on any atom is 0.149 e. The number of nitrogen functional groups attached to an aromatic ring is 1. The predicted octanol–water partition coefficient (Wildman–Crippen LogP) is 0.539. The normalized spacial score (nSPS) is 22.9. The van der Waals surface area contributed by atoms with Crippen LogP contribution in [0.1, 0.15) is 24.5 Å². The third-order valence-electron chi connectivity index (χ3n) is 3.33. The molecule has 0 aromatic carbocycles. The Morgan fingerprint density at radius 1 is 1.35 bits per heavy atom. The van der Waals surface area contributed by atoms with E-state index in [9.17, 15) is 0 Å². The van der Waals surface area contributed by atoms with Crippen molar-refractivity contribution in [2.75, 3.05) is 39.5 Å². The van der Waals surface area contributed by atoms with E-state index in [4.69, 9.17) is 5.73 Å². The third kappa shape index (κ3) is 2.73. The molecule has 0 amide bonds. The molecule has 0 aliphatic carbocycles. The van der Waals surface area contributed by atoms with Gasteiger partial charge in [0.05, 0.1) is 6.04 Å². The number of rotatable bonds is 2. The predicted molar refractivity (Wildman–Crippen MR) is 68.7 cm³/mol. The summed E-state index contributed by atoms with van der Waals surface area (Å²) in [4.78, 5) is 13.6. The Kier molecular flexibility index (Phi) is 3.59. The highest BCUT2D eigenvalue weighted by Gasteiger charge is 2.26. The highest BCUT2D eigenvalue weighted by atomic mass is 15.3. The van der Waals surface area contributed by atoms with E-state index in [-0.39, 0.29) is 6.04 Å². The number of hydrogen-bond acceptors (Lipinski definition) is 5. The molecule has 1 unspecified atom stereocenters. The second kappa shape index (κ2) is 4.98. The van der Waals surface area contributed by atoms with Crippen molar-refractivity contribution < 1.29 is 0 Å². The van der Waals surface area contributed by atoms with Gasteiger partial charge >= 0.3 is 0 Å². The van der Waals surface area contributed by atoms with Crippen LogP contribution >= 0.6 is 0 Å². The van der Waals surface area contributed by atoms with Crippen molar-refractivity contribution in [3.8, 4) is 0 Å². The number of aryl methyl sites for hydroxylation is 1. The van der Waals surface area contributed by atoms with Crippen LogP contribution in [-0.4, -0.2) is 53.5 Å². The molecule has 94 valence electrons. The fraction of sp³-hybridized carbons (Fsp3) is 0.667. The fourth-order valence-corrected chi connectivity index (χ4v) is 2.16. The van der Waals surface area contributed by atoms with Crippen LogP contribution in [0, 0.1) is 0 Å². The van der Waals surface area contributed by atoms with Gasteiger partial charge in [0.15, 0.2) is 0 Å². The van der Waals surface area contributed by atoms with Crippen molar-refractivity contribution in [1.82, 2.24) is 19.8 Å². The first-order valence-corrected chi connectivity index (χ1v) is 6.12. The molecule has 1 aromatic rings. The lowest BCUT2D eigenvalue weighted by molar-refractivity contribution is 0.109. The molecule has 5 nitrogen and oxygen atoms in total. The van der Waals surface area contributed by atoms with E-state index in [1.165, 1.54) is 0 Å². The minimum Gasteiger partial charge on any atom is -0.384 e. The zero-order valence-corrected chi connectivity index (χ0v) is 10.8. The molecule has 1 aromatic heterocycles. The van der Waals surface area contributed by atoms with E-state index in [1.54, 1.807) is 0 Å². The van der Waals surface area contributed by atoms with Gasteiger partial charge in [-0.3, -0.25) is 4.90 Å². The summed E-state index contributed by atoms with van der Waals surface area (Å²) < 4.78 is 0. The van der Waals surface area contributed by atoms with Gasteiger partial charge < -0.3 is 10.6 Å². The molecule has 1 saturated heterocycles. The lowest BCUT2D eigenvalue weighted by atomic mass is 10.1. The van der Waals surface area contributed by atoms with Crippen molar-refractivity contribution in [1.29, 1.82) is 0 Å². The van der Waals surface area contributed by atoms with Crippen LogP contribution in [0.15, 0.2) is 6.07 Å². The number of piperazine rings is 1. The van der Waals surface area contributed by atoms with E-state index in [1.807, 2.05) is 6.07 Å². The van der Waals surface area contributed by atoms with E-state index in [0.717, 1.165) is 37.6 Å². The molecular weight excluding hydrogens is 214 g/mol. The molecule has 0 radical (unpaired) electrons. The SMILES string of the molecule is CCc1cc(N)nc(C2CN(C)CCN2C)n1. The average molecular weight is 235 g/mol. The minimum atomic E-state index is 0.252. The molecule has 0 spiro atoms. The van der Waals surface area contributed by atoms with Crippen LogP contribution < -0.4 is 5.73 Å². The van der Waals surface area contributed by atoms with E-state index in [2.05, 4.69) is 40.8 Å². The maximum absolute atomic E-state index is 5.84. The monoisotopic (exact) mass is 235 g/mol. The van der Waals surface area contributed by atoms with Crippen LogP contribution in [0.2, 0.25) is 0 Å². The van der Waals surface area contributed by atoms with Gasteiger partial charge in [0, 0.05) is 31.4 Å². The molecule has 2 heterocycles. The maximum atomic E-state index is 5.84. The number of hydrogen-bond donors (Lipinski definition) is 1. The molecule has 1 aliphatic rings. The standard InChI is InChI=1S/C12H21N5/c1-4-9-7-11(13)15-12(14-9)10-8-16(2)5-6-17(10)3/h7,10H,4-6,8H2,1-3H3,(H2,13,14,15). The Labute approximate surface area is 103 Å². The molecule has 1 aliphatic heterocycles. The first-order valence-electron chi connectivity index (χ1n) is 6.12. The van der Waals surface area contributed by atoms with Crippen molar-refractivity contribution in [2.24, 2.45) is 0 Å².